The Morgan fingerprint density at radius 2 is 1.73 bits per heavy atom. The molecule has 2 aromatic carbocycles. The number of piperidine rings is 2. The van der Waals surface area contributed by atoms with E-state index in [2.05, 4.69) is 19.2 Å². The summed E-state index contributed by atoms with van der Waals surface area (Å²) in [5, 5.41) is 2.84. The van der Waals surface area contributed by atoms with Crippen LogP contribution in [0.4, 0.5) is 11.4 Å². The van der Waals surface area contributed by atoms with E-state index < -0.39 is 15.9 Å². The molecule has 33 heavy (non-hydrogen) atoms. The number of carbonyl (C=O) groups excluding carboxylic acids is 2. The van der Waals surface area contributed by atoms with Crippen molar-refractivity contribution in [3.8, 4) is 0 Å². The van der Waals surface area contributed by atoms with Crippen molar-refractivity contribution in [3.05, 3.63) is 54.1 Å². The highest BCUT2D eigenvalue weighted by Gasteiger charge is 2.32. The van der Waals surface area contributed by atoms with Gasteiger partial charge in [0.1, 0.15) is 0 Å². The third-order valence-electron chi connectivity index (χ3n) is 6.31. The number of nitrogens with zero attached hydrogens (tertiary/aromatic N) is 2. The van der Waals surface area contributed by atoms with Crippen LogP contribution in [0.1, 0.15) is 49.9 Å². The maximum absolute atomic E-state index is 13.2. The van der Waals surface area contributed by atoms with Crippen LogP contribution in [0, 0.1) is 11.8 Å². The molecular weight excluding hydrogens is 438 g/mol. The van der Waals surface area contributed by atoms with E-state index in [0.29, 0.717) is 43.6 Å². The predicted octanol–water partition coefficient (Wildman–Crippen LogP) is 4.12. The molecule has 0 saturated carbocycles. The summed E-state index contributed by atoms with van der Waals surface area (Å²) in [5.41, 5.74) is 1.58. The molecule has 1 N–H and O–H groups in total. The minimum absolute atomic E-state index is 0.0870. The van der Waals surface area contributed by atoms with Gasteiger partial charge in [0.2, 0.25) is 15.9 Å². The Balaban J connectivity index is 1.52. The van der Waals surface area contributed by atoms with Crippen molar-refractivity contribution in [3.63, 3.8) is 0 Å². The number of benzene rings is 2. The van der Waals surface area contributed by atoms with E-state index in [4.69, 9.17) is 0 Å². The Kier molecular flexibility index (Phi) is 6.86. The fourth-order valence-corrected chi connectivity index (χ4v) is 6.51. The number of sulfonamides is 1. The van der Waals surface area contributed by atoms with E-state index >= 15 is 0 Å². The molecule has 2 aromatic rings. The zero-order valence-electron chi connectivity index (χ0n) is 19.2. The van der Waals surface area contributed by atoms with E-state index in [1.54, 1.807) is 41.3 Å². The van der Waals surface area contributed by atoms with E-state index in [1.165, 1.54) is 10.4 Å². The highest BCUT2D eigenvalue weighted by Crippen LogP contribution is 2.28. The molecule has 0 spiro atoms. The summed E-state index contributed by atoms with van der Waals surface area (Å²) in [5.74, 6) is 0.293. The van der Waals surface area contributed by atoms with Crippen molar-refractivity contribution >= 4 is 33.2 Å². The largest absolute Gasteiger partial charge is 0.322 e. The van der Waals surface area contributed by atoms with Gasteiger partial charge in [-0.2, -0.15) is 4.31 Å². The summed E-state index contributed by atoms with van der Waals surface area (Å²) >= 11 is 0. The molecule has 2 amide bonds. The summed E-state index contributed by atoms with van der Waals surface area (Å²) in [7, 11) is -3.67. The molecule has 4 rings (SSSR count). The zero-order chi connectivity index (χ0) is 23.6. The zero-order valence-corrected chi connectivity index (χ0v) is 20.0. The van der Waals surface area contributed by atoms with Gasteiger partial charge in [-0.1, -0.05) is 26.0 Å². The van der Waals surface area contributed by atoms with Crippen LogP contribution in [0.3, 0.4) is 0 Å². The lowest BCUT2D eigenvalue weighted by molar-refractivity contribution is -0.119. The average Bonchev–Trinajstić information content (AvgIpc) is 2.79. The highest BCUT2D eigenvalue weighted by molar-refractivity contribution is 7.89. The van der Waals surface area contributed by atoms with Gasteiger partial charge in [-0.05, 0) is 67.5 Å². The van der Waals surface area contributed by atoms with Crippen molar-refractivity contribution < 1.29 is 18.0 Å². The van der Waals surface area contributed by atoms with E-state index in [1.807, 2.05) is 6.07 Å². The number of hydrogen-bond acceptors (Lipinski definition) is 4. The van der Waals surface area contributed by atoms with Crippen LogP contribution in [-0.4, -0.2) is 44.2 Å². The third kappa shape index (κ3) is 5.28. The Morgan fingerprint density at radius 3 is 2.45 bits per heavy atom. The van der Waals surface area contributed by atoms with Gasteiger partial charge < -0.3 is 10.2 Å². The minimum Gasteiger partial charge on any atom is -0.322 e. The van der Waals surface area contributed by atoms with Crippen LogP contribution < -0.4 is 10.2 Å². The number of amides is 2. The molecule has 2 aliphatic heterocycles. The first-order chi connectivity index (χ1) is 15.7. The lowest BCUT2D eigenvalue weighted by Crippen LogP contribution is -2.42. The molecule has 8 heteroatoms. The SMILES string of the molecule is CC1CC(C)CN(S(=O)(=O)c2cccc(C(=O)Nc3cccc(N4CCCCC4=O)c3)c2)C1. The molecule has 7 nitrogen and oxygen atoms in total. The fourth-order valence-electron chi connectivity index (χ4n) is 4.78. The maximum Gasteiger partial charge on any atom is 0.255 e. The molecule has 0 bridgehead atoms. The van der Waals surface area contributed by atoms with Crippen LogP contribution in [0.25, 0.3) is 0 Å². The van der Waals surface area contributed by atoms with Gasteiger partial charge in [-0.25, -0.2) is 8.42 Å². The van der Waals surface area contributed by atoms with Gasteiger partial charge in [-0.15, -0.1) is 0 Å². The van der Waals surface area contributed by atoms with E-state index in [-0.39, 0.29) is 16.4 Å². The van der Waals surface area contributed by atoms with Gasteiger partial charge >= 0.3 is 0 Å². The molecule has 2 atom stereocenters. The van der Waals surface area contributed by atoms with Gasteiger partial charge in [0.25, 0.3) is 5.91 Å². The van der Waals surface area contributed by atoms with Crippen molar-refractivity contribution in [1.82, 2.24) is 4.31 Å². The second-order valence-corrected chi connectivity index (χ2v) is 11.2. The number of rotatable bonds is 5. The van der Waals surface area contributed by atoms with Crippen molar-refractivity contribution in [1.29, 1.82) is 0 Å². The Morgan fingerprint density at radius 1 is 1.00 bits per heavy atom. The summed E-state index contributed by atoms with van der Waals surface area (Å²) in [4.78, 5) is 27.0. The van der Waals surface area contributed by atoms with Crippen LogP contribution in [0.15, 0.2) is 53.4 Å². The molecule has 2 heterocycles. The van der Waals surface area contributed by atoms with Gasteiger partial charge in [-0.3, -0.25) is 9.59 Å². The second kappa shape index (κ2) is 9.65. The number of nitrogens with one attached hydrogen (secondary N) is 1. The Labute approximate surface area is 195 Å². The average molecular weight is 470 g/mol. The first-order valence-electron chi connectivity index (χ1n) is 11.6. The number of hydrogen-bond donors (Lipinski definition) is 1. The standard InChI is InChI=1S/C25H31N3O4S/c1-18-13-19(2)17-27(16-18)33(31,32)23-10-5-7-20(14-23)25(30)26-21-8-6-9-22(15-21)28-12-4-3-11-24(28)29/h5-10,14-15,18-19H,3-4,11-13,16-17H2,1-2H3,(H,26,30). The van der Waals surface area contributed by atoms with Crippen LogP contribution in [0.2, 0.25) is 0 Å². The van der Waals surface area contributed by atoms with E-state index in [9.17, 15) is 18.0 Å². The lowest BCUT2D eigenvalue weighted by Gasteiger charge is -2.34. The Hall–Kier alpha value is -2.71. The highest BCUT2D eigenvalue weighted by atomic mass is 32.2. The number of anilines is 2. The first kappa shape index (κ1) is 23.4. The topological polar surface area (TPSA) is 86.8 Å². The Bertz CT molecular complexity index is 1140. The van der Waals surface area contributed by atoms with E-state index in [0.717, 1.165) is 24.9 Å². The molecule has 0 radical (unpaired) electrons. The molecule has 2 fully saturated rings. The summed E-state index contributed by atoms with van der Waals surface area (Å²) in [6.07, 6.45) is 3.40. The molecule has 176 valence electrons. The summed E-state index contributed by atoms with van der Waals surface area (Å²) < 4.78 is 28.0. The third-order valence-corrected chi connectivity index (χ3v) is 8.14. The molecule has 0 aromatic heterocycles. The summed E-state index contributed by atoms with van der Waals surface area (Å²) in [6, 6.07) is 13.4. The number of carbonyl (C=O) groups is 2. The van der Waals surface area contributed by atoms with Crippen molar-refractivity contribution in [2.75, 3.05) is 29.9 Å². The summed E-state index contributed by atoms with van der Waals surface area (Å²) in [6.45, 7) is 5.78. The smallest absolute Gasteiger partial charge is 0.255 e. The fraction of sp³-hybridized carbons (Fsp3) is 0.440. The quantitative estimate of drug-likeness (QED) is 0.714. The van der Waals surface area contributed by atoms with Crippen LogP contribution >= 0.6 is 0 Å². The minimum atomic E-state index is -3.67. The first-order valence-corrected chi connectivity index (χ1v) is 13.0. The van der Waals surface area contributed by atoms with Crippen molar-refractivity contribution in [2.45, 2.75) is 44.4 Å². The normalized spacial score (nSPS) is 22.2. The second-order valence-electron chi connectivity index (χ2n) is 9.30. The molecular formula is C25H31N3O4S. The van der Waals surface area contributed by atoms with Gasteiger partial charge in [0.15, 0.2) is 0 Å². The predicted molar refractivity (Wildman–Crippen MR) is 129 cm³/mol. The molecule has 2 saturated heterocycles. The maximum atomic E-state index is 13.2. The molecule has 2 unspecified atom stereocenters. The molecule has 0 aliphatic carbocycles. The van der Waals surface area contributed by atoms with Gasteiger partial charge in [0, 0.05) is 43.0 Å². The van der Waals surface area contributed by atoms with Crippen LogP contribution in [0.5, 0.6) is 0 Å². The van der Waals surface area contributed by atoms with Gasteiger partial charge in [0.05, 0.1) is 4.90 Å². The monoisotopic (exact) mass is 469 g/mol. The molecule has 2 aliphatic rings. The lowest BCUT2D eigenvalue weighted by atomic mass is 9.94. The van der Waals surface area contributed by atoms with Crippen LogP contribution in [-0.2, 0) is 14.8 Å². The van der Waals surface area contributed by atoms with Crippen molar-refractivity contribution in [2.24, 2.45) is 11.8 Å².